The molecule has 1 aromatic heterocycles. The highest BCUT2D eigenvalue weighted by atomic mass is 32.1. The van der Waals surface area contributed by atoms with Gasteiger partial charge in [-0.1, -0.05) is 13.0 Å². The zero-order chi connectivity index (χ0) is 17.4. The van der Waals surface area contributed by atoms with Gasteiger partial charge in [0, 0.05) is 12.5 Å². The number of carbonyl (C=O) groups is 1. The Morgan fingerprint density at radius 1 is 1.20 bits per heavy atom. The molecule has 5 heteroatoms. The summed E-state index contributed by atoms with van der Waals surface area (Å²) >= 11 is 1.85. The van der Waals surface area contributed by atoms with Gasteiger partial charge in [0.15, 0.2) is 0 Å². The average molecular weight is 358 g/mol. The van der Waals surface area contributed by atoms with Gasteiger partial charge < -0.3 is 9.80 Å². The fourth-order valence-electron chi connectivity index (χ4n) is 4.26. The van der Waals surface area contributed by atoms with Crippen LogP contribution < -0.4 is 0 Å². The van der Waals surface area contributed by atoms with Crippen molar-refractivity contribution in [3.63, 3.8) is 0 Å². The molecule has 4 rings (SSSR count). The lowest BCUT2D eigenvalue weighted by molar-refractivity contribution is -0.122. The van der Waals surface area contributed by atoms with E-state index in [1.165, 1.54) is 47.6 Å². The van der Waals surface area contributed by atoms with E-state index in [1.807, 2.05) is 16.2 Å². The number of hydrogen-bond acceptors (Lipinski definition) is 4. The summed E-state index contributed by atoms with van der Waals surface area (Å²) in [6.07, 6.45) is 5.68. The van der Waals surface area contributed by atoms with Gasteiger partial charge in [-0.05, 0) is 69.4 Å². The molecule has 1 aromatic carbocycles. The van der Waals surface area contributed by atoms with Crippen molar-refractivity contribution in [3.8, 4) is 0 Å². The van der Waals surface area contributed by atoms with E-state index in [9.17, 15) is 4.79 Å². The number of hydrogen-bond donors (Lipinski definition) is 0. The van der Waals surface area contributed by atoms with Crippen molar-refractivity contribution in [2.45, 2.75) is 44.6 Å². The third kappa shape index (κ3) is 3.44. The maximum absolute atomic E-state index is 11.5. The second-order valence-electron chi connectivity index (χ2n) is 7.86. The molecule has 2 aromatic rings. The van der Waals surface area contributed by atoms with Crippen LogP contribution in [0, 0.1) is 5.92 Å². The Balaban J connectivity index is 1.59. The molecule has 2 fully saturated rings. The van der Waals surface area contributed by atoms with Crippen LogP contribution in [-0.2, 0) is 4.79 Å². The second-order valence-corrected chi connectivity index (χ2v) is 8.92. The minimum absolute atomic E-state index is 0.214. The molecular weight excluding hydrogens is 330 g/mol. The van der Waals surface area contributed by atoms with Crippen LogP contribution in [0.1, 0.15) is 55.1 Å². The van der Waals surface area contributed by atoms with Crippen LogP contribution in [-0.4, -0.2) is 47.9 Å². The Hall–Kier alpha value is -1.46. The first kappa shape index (κ1) is 17.0. The van der Waals surface area contributed by atoms with Crippen LogP contribution in [0.3, 0.4) is 0 Å². The van der Waals surface area contributed by atoms with E-state index in [0.717, 1.165) is 24.9 Å². The van der Waals surface area contributed by atoms with E-state index >= 15 is 0 Å². The molecule has 134 valence electrons. The number of nitrogens with zero attached hydrogens (tertiary/aromatic N) is 3. The molecule has 2 saturated heterocycles. The molecule has 0 aliphatic carbocycles. The monoisotopic (exact) mass is 357 g/mol. The van der Waals surface area contributed by atoms with E-state index in [0.29, 0.717) is 11.8 Å². The van der Waals surface area contributed by atoms with Gasteiger partial charge in [-0.25, -0.2) is 4.98 Å². The van der Waals surface area contributed by atoms with Gasteiger partial charge >= 0.3 is 0 Å². The summed E-state index contributed by atoms with van der Waals surface area (Å²) < 4.78 is 1.28. The molecule has 0 spiro atoms. The van der Waals surface area contributed by atoms with Crippen LogP contribution in [0.4, 0.5) is 0 Å². The Morgan fingerprint density at radius 2 is 2.00 bits per heavy atom. The summed E-state index contributed by atoms with van der Waals surface area (Å²) in [5.41, 5.74) is 2.35. The van der Waals surface area contributed by atoms with Crippen LogP contribution in [0.5, 0.6) is 0 Å². The normalized spacial score (nSPS) is 26.2. The van der Waals surface area contributed by atoms with E-state index in [1.54, 1.807) is 0 Å². The van der Waals surface area contributed by atoms with Crippen molar-refractivity contribution in [1.29, 1.82) is 0 Å². The SMILES string of the molecule is CC1CC[C@H](c2ccc3sc(C4CCN(C)CC4)nc3c2)N(C=O)C1. The van der Waals surface area contributed by atoms with Gasteiger partial charge in [0.2, 0.25) is 6.41 Å². The number of amides is 1. The van der Waals surface area contributed by atoms with Crippen molar-refractivity contribution >= 4 is 28.0 Å². The molecule has 3 heterocycles. The maximum atomic E-state index is 11.5. The minimum Gasteiger partial charge on any atom is -0.338 e. The Kier molecular flexibility index (Phi) is 4.78. The van der Waals surface area contributed by atoms with Crippen molar-refractivity contribution in [3.05, 3.63) is 28.8 Å². The lowest BCUT2D eigenvalue weighted by Crippen LogP contribution is -2.36. The predicted octanol–water partition coefficient (Wildman–Crippen LogP) is 4.03. The number of rotatable bonds is 3. The summed E-state index contributed by atoms with van der Waals surface area (Å²) in [4.78, 5) is 20.8. The van der Waals surface area contributed by atoms with Gasteiger partial charge in [-0.3, -0.25) is 4.79 Å². The zero-order valence-corrected chi connectivity index (χ0v) is 16.0. The molecule has 0 radical (unpaired) electrons. The summed E-state index contributed by atoms with van der Waals surface area (Å²) in [5, 5.41) is 1.30. The third-order valence-corrected chi connectivity index (χ3v) is 7.07. The first-order valence-corrected chi connectivity index (χ1v) is 10.3. The highest BCUT2D eigenvalue weighted by Gasteiger charge is 2.27. The molecule has 1 amide bonds. The maximum Gasteiger partial charge on any atom is 0.210 e. The van der Waals surface area contributed by atoms with E-state index in [-0.39, 0.29) is 6.04 Å². The summed E-state index contributed by atoms with van der Waals surface area (Å²) in [7, 11) is 2.20. The molecule has 0 bridgehead atoms. The molecule has 25 heavy (non-hydrogen) atoms. The van der Waals surface area contributed by atoms with Gasteiger partial charge in [0.1, 0.15) is 0 Å². The molecule has 2 aliphatic rings. The Labute approximate surface area is 153 Å². The molecule has 2 aliphatic heterocycles. The predicted molar refractivity (Wildman–Crippen MR) is 103 cm³/mol. The number of carbonyl (C=O) groups excluding carboxylic acids is 1. The van der Waals surface area contributed by atoms with Crippen molar-refractivity contribution in [2.75, 3.05) is 26.7 Å². The zero-order valence-electron chi connectivity index (χ0n) is 15.1. The largest absolute Gasteiger partial charge is 0.338 e. The van der Waals surface area contributed by atoms with Crippen molar-refractivity contribution in [1.82, 2.24) is 14.8 Å². The average Bonchev–Trinajstić information content (AvgIpc) is 3.05. The van der Waals surface area contributed by atoms with Gasteiger partial charge in [0.25, 0.3) is 0 Å². The van der Waals surface area contributed by atoms with Crippen molar-refractivity contribution in [2.24, 2.45) is 5.92 Å². The second kappa shape index (κ2) is 7.04. The van der Waals surface area contributed by atoms with Gasteiger partial charge in [-0.2, -0.15) is 0 Å². The number of likely N-dealkylation sites (tertiary alicyclic amines) is 2. The number of piperidine rings is 2. The third-order valence-electron chi connectivity index (χ3n) is 5.87. The van der Waals surface area contributed by atoms with Crippen LogP contribution in [0.15, 0.2) is 18.2 Å². The van der Waals surface area contributed by atoms with Crippen molar-refractivity contribution < 1.29 is 4.79 Å². The van der Waals surface area contributed by atoms with E-state index < -0.39 is 0 Å². The molecule has 0 N–H and O–H groups in total. The fourth-order valence-corrected chi connectivity index (χ4v) is 5.38. The smallest absolute Gasteiger partial charge is 0.210 e. The van der Waals surface area contributed by atoms with Crippen LogP contribution in [0.2, 0.25) is 0 Å². The standard InChI is InChI=1S/C20H27N3OS/c1-14-3-5-18(23(12-14)13-24)16-4-6-19-17(11-16)21-20(25-19)15-7-9-22(2)10-8-15/h4,6,11,13-15,18H,3,5,7-10,12H2,1-2H3/t14?,18-/m1/s1. The molecule has 2 atom stereocenters. The lowest BCUT2D eigenvalue weighted by Gasteiger charge is -2.36. The van der Waals surface area contributed by atoms with Gasteiger partial charge in [-0.15, -0.1) is 11.3 Å². The first-order valence-electron chi connectivity index (χ1n) is 9.44. The number of thiazole rings is 1. The topological polar surface area (TPSA) is 36.4 Å². The quantitative estimate of drug-likeness (QED) is 0.778. The minimum atomic E-state index is 0.214. The summed E-state index contributed by atoms with van der Waals surface area (Å²) in [5.74, 6) is 1.21. The fraction of sp³-hybridized carbons (Fsp3) is 0.600. The Morgan fingerprint density at radius 3 is 2.76 bits per heavy atom. The molecule has 1 unspecified atom stereocenters. The molecule has 0 saturated carbocycles. The number of benzene rings is 1. The summed E-state index contributed by atoms with van der Waals surface area (Å²) in [6.45, 7) is 5.43. The Bertz CT molecular complexity index is 750. The van der Waals surface area contributed by atoms with Gasteiger partial charge in [0.05, 0.1) is 21.3 Å². The molecule has 4 nitrogen and oxygen atoms in total. The van der Waals surface area contributed by atoms with Crippen LogP contribution >= 0.6 is 11.3 Å². The number of aromatic nitrogens is 1. The number of fused-ring (bicyclic) bond motifs is 1. The highest BCUT2D eigenvalue weighted by molar-refractivity contribution is 7.18. The first-order chi connectivity index (χ1) is 12.1. The summed E-state index contributed by atoms with van der Waals surface area (Å²) in [6, 6.07) is 6.85. The highest BCUT2D eigenvalue weighted by Crippen LogP contribution is 2.37. The van der Waals surface area contributed by atoms with Crippen LogP contribution in [0.25, 0.3) is 10.2 Å². The van der Waals surface area contributed by atoms with E-state index in [4.69, 9.17) is 4.98 Å². The molecular formula is C20H27N3OS. The lowest BCUT2D eigenvalue weighted by atomic mass is 9.90. The van der Waals surface area contributed by atoms with E-state index in [2.05, 4.69) is 37.1 Å².